The summed E-state index contributed by atoms with van der Waals surface area (Å²) in [5, 5.41) is 4.19. The van der Waals surface area contributed by atoms with E-state index in [2.05, 4.69) is 50.3 Å². The zero-order chi connectivity index (χ0) is 22.5. The van der Waals surface area contributed by atoms with E-state index < -0.39 is 10.0 Å². The van der Waals surface area contributed by atoms with Crippen LogP contribution in [-0.2, 0) is 10.0 Å². The standard InChI is InChI=1S/C25H22BrClN2O2S/c1-15-22(27)10-5-11-23(15)29-32(30,31)16-12-13-24-20(14-16)17-7-4-8-18(17)25(28-24)19-6-2-3-9-21(19)26/h2-7,9-14,17-18,25,28-29H,8H2,1H3/t17?,18?,25-/m0/s1. The molecular formula is C25H22BrClN2O2S. The number of nitrogens with one attached hydrogen (secondary N) is 2. The zero-order valence-electron chi connectivity index (χ0n) is 17.3. The molecule has 2 unspecified atom stereocenters. The molecule has 0 saturated heterocycles. The second-order valence-corrected chi connectivity index (χ2v) is 11.2. The van der Waals surface area contributed by atoms with E-state index in [9.17, 15) is 8.42 Å². The first kappa shape index (κ1) is 21.6. The molecule has 2 aliphatic rings. The van der Waals surface area contributed by atoms with Crippen LogP contribution in [0.3, 0.4) is 0 Å². The molecule has 3 atom stereocenters. The molecule has 164 valence electrons. The number of allylic oxidation sites excluding steroid dienone is 2. The van der Waals surface area contributed by atoms with Crippen molar-refractivity contribution in [2.45, 2.75) is 30.2 Å². The lowest BCUT2D eigenvalue weighted by Gasteiger charge is -2.38. The summed E-state index contributed by atoms with van der Waals surface area (Å²) in [7, 11) is -3.76. The Kier molecular flexibility index (Phi) is 5.56. The van der Waals surface area contributed by atoms with E-state index in [1.165, 1.54) is 5.56 Å². The zero-order valence-corrected chi connectivity index (χ0v) is 20.5. The second-order valence-electron chi connectivity index (χ2n) is 8.26. The van der Waals surface area contributed by atoms with E-state index in [1.807, 2.05) is 18.2 Å². The van der Waals surface area contributed by atoms with Crippen LogP contribution in [-0.4, -0.2) is 8.42 Å². The number of halogens is 2. The Hall–Kier alpha value is -2.28. The van der Waals surface area contributed by atoms with Crippen LogP contribution in [0.15, 0.2) is 82.2 Å². The highest BCUT2D eigenvalue weighted by Crippen LogP contribution is 2.51. The van der Waals surface area contributed by atoms with Crippen molar-refractivity contribution in [1.82, 2.24) is 0 Å². The molecule has 5 rings (SSSR count). The topological polar surface area (TPSA) is 58.2 Å². The van der Waals surface area contributed by atoms with Gasteiger partial charge in [-0.25, -0.2) is 8.42 Å². The van der Waals surface area contributed by atoms with Crippen LogP contribution in [0, 0.1) is 12.8 Å². The van der Waals surface area contributed by atoms with Crippen LogP contribution < -0.4 is 10.0 Å². The summed E-state index contributed by atoms with van der Waals surface area (Å²) < 4.78 is 30.1. The van der Waals surface area contributed by atoms with Crippen molar-refractivity contribution in [1.29, 1.82) is 0 Å². The number of sulfonamides is 1. The Labute approximate surface area is 201 Å². The minimum absolute atomic E-state index is 0.146. The van der Waals surface area contributed by atoms with E-state index in [-0.39, 0.29) is 16.9 Å². The number of hydrogen-bond donors (Lipinski definition) is 2. The van der Waals surface area contributed by atoms with Gasteiger partial charge in [-0.05, 0) is 72.4 Å². The lowest BCUT2D eigenvalue weighted by atomic mass is 9.77. The van der Waals surface area contributed by atoms with Gasteiger partial charge >= 0.3 is 0 Å². The van der Waals surface area contributed by atoms with Gasteiger partial charge in [0.2, 0.25) is 0 Å². The number of anilines is 2. The van der Waals surface area contributed by atoms with Gasteiger partial charge in [-0.2, -0.15) is 0 Å². The number of fused-ring (bicyclic) bond motifs is 3. The molecule has 1 heterocycles. The van der Waals surface area contributed by atoms with Gasteiger partial charge < -0.3 is 5.32 Å². The van der Waals surface area contributed by atoms with Crippen molar-refractivity contribution in [3.8, 4) is 0 Å². The van der Waals surface area contributed by atoms with Crippen molar-refractivity contribution in [2.24, 2.45) is 5.92 Å². The highest BCUT2D eigenvalue weighted by molar-refractivity contribution is 9.10. The van der Waals surface area contributed by atoms with E-state index in [1.54, 1.807) is 37.3 Å². The van der Waals surface area contributed by atoms with Gasteiger partial charge in [0, 0.05) is 21.1 Å². The summed E-state index contributed by atoms with van der Waals surface area (Å²) in [5.74, 6) is 0.480. The van der Waals surface area contributed by atoms with Gasteiger partial charge in [-0.15, -0.1) is 0 Å². The van der Waals surface area contributed by atoms with E-state index in [0.717, 1.165) is 22.1 Å². The summed E-state index contributed by atoms with van der Waals surface area (Å²) in [4.78, 5) is 0.246. The first-order valence-corrected chi connectivity index (χ1v) is 13.1. The number of hydrogen-bond acceptors (Lipinski definition) is 3. The third kappa shape index (κ3) is 3.74. The van der Waals surface area contributed by atoms with Crippen molar-refractivity contribution in [2.75, 3.05) is 10.0 Å². The van der Waals surface area contributed by atoms with Crippen molar-refractivity contribution in [3.05, 3.63) is 99.0 Å². The predicted octanol–water partition coefficient (Wildman–Crippen LogP) is 7.04. The first-order valence-electron chi connectivity index (χ1n) is 10.4. The number of benzene rings is 3. The Bertz CT molecular complexity index is 1340. The van der Waals surface area contributed by atoms with E-state index in [4.69, 9.17) is 11.6 Å². The SMILES string of the molecule is Cc1c(Cl)cccc1NS(=O)(=O)c1ccc2c(c1)C1C=CCC1[C@@H](c1ccccc1Br)N2. The fourth-order valence-corrected chi connectivity index (χ4v) is 6.56. The van der Waals surface area contributed by atoms with E-state index >= 15 is 0 Å². The molecule has 32 heavy (non-hydrogen) atoms. The Morgan fingerprint density at radius 2 is 1.88 bits per heavy atom. The van der Waals surface area contributed by atoms with Gasteiger partial charge in [0.25, 0.3) is 10.0 Å². The Balaban J connectivity index is 1.51. The minimum Gasteiger partial charge on any atom is -0.378 e. The molecule has 2 N–H and O–H groups in total. The van der Waals surface area contributed by atoms with Gasteiger partial charge in [-0.3, -0.25) is 4.72 Å². The monoisotopic (exact) mass is 528 g/mol. The highest BCUT2D eigenvalue weighted by atomic mass is 79.9. The van der Waals surface area contributed by atoms with Crippen molar-refractivity contribution >= 4 is 48.9 Å². The van der Waals surface area contributed by atoms with E-state index in [0.29, 0.717) is 22.2 Å². The maximum Gasteiger partial charge on any atom is 0.261 e. The van der Waals surface area contributed by atoms with Crippen LogP contribution in [0.4, 0.5) is 11.4 Å². The molecule has 0 fully saturated rings. The lowest BCUT2D eigenvalue weighted by Crippen LogP contribution is -2.29. The molecule has 3 aromatic carbocycles. The summed E-state index contributed by atoms with van der Waals surface area (Å²) in [6, 6.07) is 18.9. The Morgan fingerprint density at radius 3 is 2.69 bits per heavy atom. The minimum atomic E-state index is -3.76. The molecule has 7 heteroatoms. The summed E-state index contributed by atoms with van der Waals surface area (Å²) >= 11 is 9.86. The summed E-state index contributed by atoms with van der Waals surface area (Å²) in [6.45, 7) is 1.80. The fraction of sp³-hybridized carbons (Fsp3) is 0.200. The second kappa shape index (κ2) is 8.25. The average molecular weight is 530 g/mol. The molecule has 1 aliphatic heterocycles. The molecule has 0 bridgehead atoms. The van der Waals surface area contributed by atoms with Crippen LogP contribution in [0.25, 0.3) is 0 Å². The lowest BCUT2D eigenvalue weighted by molar-refractivity contribution is 0.424. The maximum absolute atomic E-state index is 13.2. The molecule has 1 aliphatic carbocycles. The van der Waals surface area contributed by atoms with Crippen LogP contribution in [0.2, 0.25) is 5.02 Å². The molecule has 0 aromatic heterocycles. The normalized spacial score (nSPS) is 21.5. The number of rotatable bonds is 4. The molecule has 0 amide bonds. The highest BCUT2D eigenvalue weighted by Gasteiger charge is 2.39. The quantitative estimate of drug-likeness (QED) is 0.356. The van der Waals surface area contributed by atoms with Crippen molar-refractivity contribution < 1.29 is 8.42 Å². The van der Waals surface area contributed by atoms with Crippen molar-refractivity contribution in [3.63, 3.8) is 0 Å². The summed E-state index contributed by atoms with van der Waals surface area (Å²) in [5.41, 5.74) is 4.38. The first-order chi connectivity index (χ1) is 15.3. The third-order valence-corrected chi connectivity index (χ3v) is 8.89. The van der Waals surface area contributed by atoms with Crippen LogP contribution >= 0.6 is 27.5 Å². The molecule has 0 radical (unpaired) electrons. The molecule has 0 spiro atoms. The van der Waals surface area contributed by atoms with Gasteiger partial charge in [-0.1, -0.05) is 63.9 Å². The smallest absolute Gasteiger partial charge is 0.261 e. The fourth-order valence-electron chi connectivity index (χ4n) is 4.70. The largest absolute Gasteiger partial charge is 0.378 e. The molecular weight excluding hydrogens is 508 g/mol. The molecule has 0 saturated carbocycles. The Morgan fingerprint density at radius 1 is 1.06 bits per heavy atom. The maximum atomic E-state index is 13.2. The van der Waals surface area contributed by atoms with Gasteiger partial charge in [0.05, 0.1) is 16.6 Å². The van der Waals surface area contributed by atoms with Crippen LogP contribution in [0.5, 0.6) is 0 Å². The van der Waals surface area contributed by atoms with Gasteiger partial charge in [0.15, 0.2) is 0 Å². The third-order valence-electron chi connectivity index (χ3n) is 6.40. The molecule has 3 aromatic rings. The predicted molar refractivity (Wildman–Crippen MR) is 134 cm³/mol. The van der Waals surface area contributed by atoms with Gasteiger partial charge in [0.1, 0.15) is 0 Å². The summed E-state index contributed by atoms with van der Waals surface area (Å²) in [6.07, 6.45) is 5.35. The molecule has 4 nitrogen and oxygen atoms in total. The van der Waals surface area contributed by atoms with Crippen LogP contribution in [0.1, 0.15) is 35.1 Å². The average Bonchev–Trinajstić information content (AvgIpc) is 3.27.